The van der Waals surface area contributed by atoms with Gasteiger partial charge in [0.25, 0.3) is 0 Å². The molecule has 0 aromatic carbocycles. The lowest BCUT2D eigenvalue weighted by molar-refractivity contribution is -0.143. The van der Waals surface area contributed by atoms with E-state index in [9.17, 15) is 34.2 Å². The SMILES string of the molecule is CC(O)C(NC(=O)C(N)CS)C(=O)NC(CO)C(=O)NC(CCC(=O)O)C(=O)O. The third-order valence-electron chi connectivity index (χ3n) is 3.67. The maximum absolute atomic E-state index is 12.3. The van der Waals surface area contributed by atoms with E-state index in [4.69, 9.17) is 15.9 Å². The van der Waals surface area contributed by atoms with Crippen molar-refractivity contribution < 1.29 is 44.4 Å². The summed E-state index contributed by atoms with van der Waals surface area (Å²) in [5, 5.41) is 43.0. The molecule has 166 valence electrons. The number of aliphatic hydroxyl groups excluding tert-OH is 2. The van der Waals surface area contributed by atoms with Crippen LogP contribution >= 0.6 is 12.6 Å². The summed E-state index contributed by atoms with van der Waals surface area (Å²) in [7, 11) is 0. The molecule has 0 aliphatic carbocycles. The Morgan fingerprint density at radius 1 is 0.966 bits per heavy atom. The number of carboxylic acid groups (broad SMARTS) is 2. The van der Waals surface area contributed by atoms with Crippen LogP contribution in [0.3, 0.4) is 0 Å². The van der Waals surface area contributed by atoms with Gasteiger partial charge in [0.15, 0.2) is 0 Å². The number of carbonyl (C=O) groups excluding carboxylic acids is 3. The molecule has 13 nitrogen and oxygen atoms in total. The lowest BCUT2D eigenvalue weighted by Gasteiger charge is -2.25. The molecule has 0 aromatic heterocycles. The molecule has 0 radical (unpaired) electrons. The highest BCUT2D eigenvalue weighted by molar-refractivity contribution is 7.80. The second-order valence-corrected chi connectivity index (χ2v) is 6.46. The van der Waals surface area contributed by atoms with Gasteiger partial charge in [0, 0.05) is 12.2 Å². The second kappa shape index (κ2) is 12.9. The largest absolute Gasteiger partial charge is 0.481 e. The highest BCUT2D eigenvalue weighted by Crippen LogP contribution is 2.01. The first-order valence-electron chi connectivity index (χ1n) is 8.45. The van der Waals surface area contributed by atoms with Gasteiger partial charge in [-0.15, -0.1) is 0 Å². The zero-order valence-electron chi connectivity index (χ0n) is 15.6. The van der Waals surface area contributed by atoms with E-state index in [1.807, 2.05) is 5.32 Å². The summed E-state index contributed by atoms with van der Waals surface area (Å²) in [5.41, 5.74) is 5.47. The van der Waals surface area contributed by atoms with Gasteiger partial charge in [-0.25, -0.2) is 4.79 Å². The monoisotopic (exact) mass is 438 g/mol. The molecular weight excluding hydrogens is 412 g/mol. The van der Waals surface area contributed by atoms with Crippen molar-refractivity contribution in [3.63, 3.8) is 0 Å². The number of hydrogen-bond donors (Lipinski definition) is 9. The van der Waals surface area contributed by atoms with Gasteiger partial charge in [-0.3, -0.25) is 19.2 Å². The van der Waals surface area contributed by atoms with Crippen LogP contribution in [0.1, 0.15) is 19.8 Å². The van der Waals surface area contributed by atoms with Crippen molar-refractivity contribution in [2.75, 3.05) is 12.4 Å². The van der Waals surface area contributed by atoms with E-state index in [2.05, 4.69) is 23.3 Å². The molecular formula is C15H26N4O9S. The van der Waals surface area contributed by atoms with E-state index in [0.717, 1.165) is 0 Å². The Labute approximate surface area is 171 Å². The van der Waals surface area contributed by atoms with Gasteiger partial charge in [0.2, 0.25) is 17.7 Å². The first-order chi connectivity index (χ1) is 13.4. The van der Waals surface area contributed by atoms with Crippen LogP contribution in [0.5, 0.6) is 0 Å². The molecule has 0 bridgehead atoms. The molecule has 9 N–H and O–H groups in total. The number of aliphatic carboxylic acids is 2. The third kappa shape index (κ3) is 9.56. The predicted molar refractivity (Wildman–Crippen MR) is 101 cm³/mol. The van der Waals surface area contributed by atoms with Crippen LogP contribution in [0.4, 0.5) is 0 Å². The smallest absolute Gasteiger partial charge is 0.326 e. The Balaban J connectivity index is 5.12. The van der Waals surface area contributed by atoms with E-state index in [1.165, 1.54) is 6.92 Å². The summed E-state index contributed by atoms with van der Waals surface area (Å²) in [5.74, 6) is -5.72. The molecule has 5 unspecified atom stereocenters. The van der Waals surface area contributed by atoms with Gasteiger partial charge in [-0.1, -0.05) is 0 Å². The minimum atomic E-state index is -1.62. The lowest BCUT2D eigenvalue weighted by atomic mass is 10.1. The third-order valence-corrected chi connectivity index (χ3v) is 4.07. The zero-order valence-corrected chi connectivity index (χ0v) is 16.5. The van der Waals surface area contributed by atoms with E-state index in [1.54, 1.807) is 0 Å². The zero-order chi connectivity index (χ0) is 22.7. The van der Waals surface area contributed by atoms with Crippen molar-refractivity contribution >= 4 is 42.3 Å². The van der Waals surface area contributed by atoms with Crippen molar-refractivity contribution in [2.45, 2.75) is 50.0 Å². The summed E-state index contributed by atoms with van der Waals surface area (Å²) in [6.45, 7) is 0.261. The van der Waals surface area contributed by atoms with Crippen molar-refractivity contribution in [3.05, 3.63) is 0 Å². The molecule has 0 saturated heterocycles. The van der Waals surface area contributed by atoms with E-state index >= 15 is 0 Å². The van der Waals surface area contributed by atoms with Crippen LogP contribution in [-0.2, 0) is 24.0 Å². The second-order valence-electron chi connectivity index (χ2n) is 6.09. The fraction of sp³-hybridized carbons (Fsp3) is 0.667. The van der Waals surface area contributed by atoms with Gasteiger partial charge in [-0.05, 0) is 13.3 Å². The van der Waals surface area contributed by atoms with Gasteiger partial charge < -0.3 is 42.1 Å². The van der Waals surface area contributed by atoms with Gasteiger partial charge >= 0.3 is 11.9 Å². The number of carboxylic acids is 2. The summed E-state index contributed by atoms with van der Waals surface area (Å²) >= 11 is 3.84. The molecule has 29 heavy (non-hydrogen) atoms. The number of nitrogens with two attached hydrogens (primary N) is 1. The topological polar surface area (TPSA) is 228 Å². The van der Waals surface area contributed by atoms with Gasteiger partial charge in [0.1, 0.15) is 18.1 Å². The highest BCUT2D eigenvalue weighted by atomic mass is 32.1. The fourth-order valence-corrected chi connectivity index (χ4v) is 2.17. The van der Waals surface area contributed by atoms with Crippen LogP contribution in [0.25, 0.3) is 0 Å². The van der Waals surface area contributed by atoms with Crippen LogP contribution < -0.4 is 21.7 Å². The summed E-state index contributed by atoms with van der Waals surface area (Å²) < 4.78 is 0. The molecule has 0 aliphatic heterocycles. The normalized spacial score (nSPS) is 15.9. The first kappa shape index (κ1) is 26.6. The number of nitrogens with one attached hydrogen (secondary N) is 3. The number of aliphatic hydroxyl groups is 2. The van der Waals surface area contributed by atoms with Crippen molar-refractivity contribution in [2.24, 2.45) is 5.73 Å². The van der Waals surface area contributed by atoms with E-state index < -0.39 is 79.4 Å². The summed E-state index contributed by atoms with van der Waals surface area (Å²) in [6.07, 6.45) is -2.35. The quantitative estimate of drug-likeness (QED) is 0.127. The molecule has 0 heterocycles. The number of amides is 3. The molecule has 0 fully saturated rings. The minimum Gasteiger partial charge on any atom is -0.481 e. The Hall–Kier alpha value is -2.42. The number of carbonyl (C=O) groups is 5. The predicted octanol–water partition coefficient (Wildman–Crippen LogP) is -3.98. The fourth-order valence-electron chi connectivity index (χ4n) is 2.00. The van der Waals surface area contributed by atoms with Crippen LogP contribution in [0, 0.1) is 0 Å². The standard InChI is InChI=1S/C15H26N4O9S/c1-6(21)11(19-12(24)7(16)5-29)14(26)18-9(4-20)13(25)17-8(15(27)28)2-3-10(22)23/h6-9,11,20-21,29H,2-5,16H2,1H3,(H,17,25)(H,18,26)(H,19,24)(H,22,23)(H,27,28). The van der Waals surface area contributed by atoms with Gasteiger partial charge in [0.05, 0.1) is 18.8 Å². The van der Waals surface area contributed by atoms with Crippen molar-refractivity contribution in [3.8, 4) is 0 Å². The van der Waals surface area contributed by atoms with E-state index in [-0.39, 0.29) is 5.75 Å². The maximum atomic E-state index is 12.3. The molecule has 5 atom stereocenters. The molecule has 14 heteroatoms. The molecule has 0 rings (SSSR count). The van der Waals surface area contributed by atoms with Crippen LogP contribution in [-0.4, -0.2) is 92.7 Å². The van der Waals surface area contributed by atoms with Crippen molar-refractivity contribution in [1.82, 2.24) is 16.0 Å². The minimum absolute atomic E-state index is 0.0332. The van der Waals surface area contributed by atoms with Crippen LogP contribution in [0.2, 0.25) is 0 Å². The van der Waals surface area contributed by atoms with E-state index in [0.29, 0.717) is 0 Å². The Morgan fingerprint density at radius 3 is 1.93 bits per heavy atom. The number of hydrogen-bond acceptors (Lipinski definition) is 9. The summed E-state index contributed by atoms with van der Waals surface area (Å²) in [4.78, 5) is 58.0. The Bertz CT molecular complexity index is 617. The highest BCUT2D eigenvalue weighted by Gasteiger charge is 2.32. The van der Waals surface area contributed by atoms with Crippen LogP contribution in [0.15, 0.2) is 0 Å². The maximum Gasteiger partial charge on any atom is 0.326 e. The molecule has 0 aromatic rings. The molecule has 0 saturated carbocycles. The number of rotatable bonds is 13. The number of thiol groups is 1. The average molecular weight is 438 g/mol. The average Bonchev–Trinajstić information content (AvgIpc) is 2.65. The summed E-state index contributed by atoms with van der Waals surface area (Å²) in [6, 6.07) is -5.76. The molecule has 3 amide bonds. The first-order valence-corrected chi connectivity index (χ1v) is 9.08. The molecule has 0 aliphatic rings. The van der Waals surface area contributed by atoms with Crippen molar-refractivity contribution in [1.29, 1.82) is 0 Å². The van der Waals surface area contributed by atoms with Gasteiger partial charge in [-0.2, -0.15) is 12.6 Å². The lowest BCUT2D eigenvalue weighted by Crippen LogP contribution is -2.60. The Morgan fingerprint density at radius 2 is 1.52 bits per heavy atom. The molecule has 0 spiro atoms. The Kier molecular flexibility index (Phi) is 11.8.